The Kier molecular flexibility index (Phi) is 6.92. The topological polar surface area (TPSA) is 87.2 Å². The van der Waals surface area contributed by atoms with Gasteiger partial charge in [-0.25, -0.2) is 8.42 Å². The number of piperidine rings is 1. The van der Waals surface area contributed by atoms with Crippen LogP contribution in [0.3, 0.4) is 0 Å². The van der Waals surface area contributed by atoms with Crippen LogP contribution in [0.1, 0.15) is 18.4 Å². The quantitative estimate of drug-likeness (QED) is 0.673. The predicted molar refractivity (Wildman–Crippen MR) is 108 cm³/mol. The van der Waals surface area contributed by atoms with Crippen molar-refractivity contribution in [3.63, 3.8) is 0 Å². The molecule has 0 spiro atoms. The van der Waals surface area contributed by atoms with Gasteiger partial charge in [-0.3, -0.25) is 9.59 Å². The zero-order valence-electron chi connectivity index (χ0n) is 17.0. The van der Waals surface area contributed by atoms with Gasteiger partial charge in [0, 0.05) is 52.8 Å². The summed E-state index contributed by atoms with van der Waals surface area (Å²) >= 11 is 0. The maximum atomic E-state index is 12.9. The lowest BCUT2D eigenvalue weighted by molar-refractivity contribution is -0.144. The molecule has 0 aliphatic carbocycles. The van der Waals surface area contributed by atoms with Crippen molar-refractivity contribution in [3.05, 3.63) is 29.8 Å². The summed E-state index contributed by atoms with van der Waals surface area (Å²) in [6.07, 6.45) is 0.908. The molecule has 0 radical (unpaired) electrons. The second kappa shape index (κ2) is 9.23. The lowest BCUT2D eigenvalue weighted by Gasteiger charge is -2.38. The molecule has 1 atom stereocenters. The van der Waals surface area contributed by atoms with E-state index in [0.717, 1.165) is 5.56 Å². The fourth-order valence-corrected chi connectivity index (χ4v) is 5.22. The van der Waals surface area contributed by atoms with Crippen molar-refractivity contribution < 1.29 is 22.7 Å². The Morgan fingerprint density at radius 1 is 1.14 bits per heavy atom. The minimum absolute atomic E-state index is 0.00676. The molecule has 2 aliphatic rings. The number of likely N-dealkylation sites (tertiary alicyclic amines) is 1. The molecule has 2 saturated heterocycles. The fraction of sp³-hybridized carbons (Fsp3) is 0.600. The zero-order chi connectivity index (χ0) is 21.0. The molecule has 2 fully saturated rings. The number of aryl methyl sites for hydroxylation is 1. The third kappa shape index (κ3) is 4.96. The van der Waals surface area contributed by atoms with E-state index in [4.69, 9.17) is 4.74 Å². The van der Waals surface area contributed by atoms with Crippen LogP contribution in [0.2, 0.25) is 0 Å². The van der Waals surface area contributed by atoms with Gasteiger partial charge in [-0.15, -0.1) is 0 Å². The van der Waals surface area contributed by atoms with Crippen LogP contribution < -0.4 is 0 Å². The fourth-order valence-electron chi connectivity index (χ4n) is 3.80. The van der Waals surface area contributed by atoms with Crippen LogP contribution >= 0.6 is 0 Å². The monoisotopic (exact) mass is 423 g/mol. The molecule has 160 valence electrons. The van der Waals surface area contributed by atoms with Crippen molar-refractivity contribution in [1.29, 1.82) is 0 Å². The first-order chi connectivity index (χ1) is 13.8. The standard InChI is InChI=1S/C20H29N3O5S/c1-16-3-6-18(7-4-16)29(26,27)23-11-9-21(10-12-23)20(25)17-5-8-19(24)22(15-17)13-14-28-2/h3-4,6-7,17H,5,8-15H2,1-2H3/t17-/m0/s1. The molecule has 0 aromatic heterocycles. The highest BCUT2D eigenvalue weighted by Gasteiger charge is 2.35. The number of nitrogens with zero attached hydrogens (tertiary/aromatic N) is 3. The average molecular weight is 424 g/mol. The minimum Gasteiger partial charge on any atom is -0.383 e. The molecule has 8 nitrogen and oxygen atoms in total. The highest BCUT2D eigenvalue weighted by atomic mass is 32.2. The van der Waals surface area contributed by atoms with Gasteiger partial charge in [0.25, 0.3) is 0 Å². The minimum atomic E-state index is -3.55. The number of carbonyl (C=O) groups excluding carboxylic acids is 2. The Balaban J connectivity index is 1.58. The summed E-state index contributed by atoms with van der Waals surface area (Å²) in [6.45, 7) is 4.55. The predicted octanol–water partition coefficient (Wildman–Crippen LogP) is 0.713. The van der Waals surface area contributed by atoms with Gasteiger partial charge in [0.05, 0.1) is 17.4 Å². The van der Waals surface area contributed by atoms with E-state index in [2.05, 4.69) is 0 Å². The van der Waals surface area contributed by atoms with Crippen molar-refractivity contribution in [2.75, 3.05) is 53.0 Å². The molecule has 3 rings (SSSR count). The van der Waals surface area contributed by atoms with Crippen LogP contribution in [-0.4, -0.2) is 87.3 Å². The first kappa shape index (κ1) is 21.7. The number of hydrogen-bond donors (Lipinski definition) is 0. The highest BCUT2D eigenvalue weighted by Crippen LogP contribution is 2.22. The van der Waals surface area contributed by atoms with Gasteiger partial charge >= 0.3 is 0 Å². The number of sulfonamides is 1. The number of ether oxygens (including phenoxy) is 1. The van der Waals surface area contributed by atoms with Crippen molar-refractivity contribution in [2.45, 2.75) is 24.7 Å². The van der Waals surface area contributed by atoms with Crippen LogP contribution in [0.25, 0.3) is 0 Å². The number of benzene rings is 1. The normalized spacial score (nSPS) is 21.4. The maximum Gasteiger partial charge on any atom is 0.243 e. The van der Waals surface area contributed by atoms with Gasteiger partial charge in [0.15, 0.2) is 0 Å². The smallest absolute Gasteiger partial charge is 0.243 e. The molecule has 0 saturated carbocycles. The summed E-state index contributed by atoms with van der Waals surface area (Å²) in [5.74, 6) is -0.169. The number of amides is 2. The molecule has 0 N–H and O–H groups in total. The van der Waals surface area contributed by atoms with Crippen LogP contribution in [0.15, 0.2) is 29.2 Å². The summed E-state index contributed by atoms with van der Waals surface area (Å²) in [7, 11) is -1.97. The Bertz CT molecular complexity index is 832. The van der Waals surface area contributed by atoms with E-state index < -0.39 is 10.0 Å². The SMILES string of the molecule is COCCN1C[C@@H](C(=O)N2CCN(S(=O)(=O)c3ccc(C)cc3)CC2)CCC1=O. The van der Waals surface area contributed by atoms with Crippen LogP contribution in [0.4, 0.5) is 0 Å². The third-order valence-corrected chi connectivity index (χ3v) is 7.54. The molecule has 29 heavy (non-hydrogen) atoms. The average Bonchev–Trinajstić information content (AvgIpc) is 2.73. The van der Waals surface area contributed by atoms with Crippen molar-refractivity contribution >= 4 is 21.8 Å². The molecule has 2 aliphatic heterocycles. The molecule has 0 unspecified atom stereocenters. The second-order valence-electron chi connectivity index (χ2n) is 7.61. The largest absolute Gasteiger partial charge is 0.383 e. The van der Waals surface area contributed by atoms with Crippen LogP contribution in [0, 0.1) is 12.8 Å². The number of rotatable bonds is 6. The lowest BCUT2D eigenvalue weighted by Crippen LogP contribution is -2.54. The molecule has 2 heterocycles. The van der Waals surface area contributed by atoms with E-state index in [1.807, 2.05) is 6.92 Å². The molecule has 2 amide bonds. The van der Waals surface area contributed by atoms with Gasteiger partial charge in [-0.05, 0) is 25.5 Å². The maximum absolute atomic E-state index is 12.9. The van der Waals surface area contributed by atoms with Crippen molar-refractivity contribution in [2.24, 2.45) is 5.92 Å². The molecular weight excluding hydrogens is 394 g/mol. The number of carbonyl (C=O) groups is 2. The third-order valence-electron chi connectivity index (χ3n) is 5.62. The van der Waals surface area contributed by atoms with Gasteiger partial charge < -0.3 is 14.5 Å². The summed E-state index contributed by atoms with van der Waals surface area (Å²) in [5, 5.41) is 0. The number of hydrogen-bond acceptors (Lipinski definition) is 5. The Morgan fingerprint density at radius 3 is 2.41 bits per heavy atom. The second-order valence-corrected chi connectivity index (χ2v) is 9.55. The van der Waals surface area contributed by atoms with Gasteiger partial charge in [0.2, 0.25) is 21.8 Å². The Labute approximate surface area is 172 Å². The number of methoxy groups -OCH3 is 1. The zero-order valence-corrected chi connectivity index (χ0v) is 17.9. The van der Waals surface area contributed by atoms with E-state index in [1.54, 1.807) is 41.2 Å². The molecule has 0 bridgehead atoms. The van der Waals surface area contributed by atoms with Crippen LogP contribution in [0.5, 0.6) is 0 Å². The first-order valence-corrected chi connectivity index (χ1v) is 11.4. The highest BCUT2D eigenvalue weighted by molar-refractivity contribution is 7.89. The van der Waals surface area contributed by atoms with E-state index in [-0.39, 0.29) is 35.7 Å². The Morgan fingerprint density at radius 2 is 1.79 bits per heavy atom. The van der Waals surface area contributed by atoms with Crippen molar-refractivity contribution in [3.8, 4) is 0 Å². The first-order valence-electron chi connectivity index (χ1n) is 9.95. The summed E-state index contributed by atoms with van der Waals surface area (Å²) < 4.78 is 32.1. The van der Waals surface area contributed by atoms with Crippen LogP contribution in [-0.2, 0) is 24.3 Å². The summed E-state index contributed by atoms with van der Waals surface area (Å²) in [6, 6.07) is 6.81. The molecule has 9 heteroatoms. The summed E-state index contributed by atoms with van der Waals surface area (Å²) in [5.41, 5.74) is 1.00. The molecule has 1 aromatic carbocycles. The number of piperazine rings is 1. The van der Waals surface area contributed by atoms with Gasteiger partial charge in [0.1, 0.15) is 0 Å². The van der Waals surface area contributed by atoms with E-state index in [0.29, 0.717) is 45.6 Å². The van der Waals surface area contributed by atoms with Gasteiger partial charge in [-0.1, -0.05) is 17.7 Å². The van der Waals surface area contributed by atoms with E-state index in [9.17, 15) is 18.0 Å². The van der Waals surface area contributed by atoms with Gasteiger partial charge in [-0.2, -0.15) is 4.31 Å². The molecular formula is C20H29N3O5S. The summed E-state index contributed by atoms with van der Waals surface area (Å²) in [4.78, 5) is 28.7. The Hall–Kier alpha value is -1.97. The van der Waals surface area contributed by atoms with E-state index >= 15 is 0 Å². The molecule has 1 aromatic rings. The van der Waals surface area contributed by atoms with E-state index in [1.165, 1.54) is 4.31 Å². The van der Waals surface area contributed by atoms with Crippen molar-refractivity contribution in [1.82, 2.24) is 14.1 Å². The lowest BCUT2D eigenvalue weighted by atomic mass is 9.95.